The van der Waals surface area contributed by atoms with Crippen LogP contribution < -0.4 is 0 Å². The molecule has 0 aromatic rings. The third kappa shape index (κ3) is 8.05. The number of halogens is 2. The largest absolute Gasteiger partial charge is 0.445 e. The van der Waals surface area contributed by atoms with E-state index in [1.807, 2.05) is 0 Å². The molecule has 2 radical (unpaired) electrons. The molecule has 7 heteroatoms. The van der Waals surface area contributed by atoms with E-state index in [2.05, 4.69) is 65.8 Å². The topological polar surface area (TPSA) is 12.5 Å². The summed E-state index contributed by atoms with van der Waals surface area (Å²) in [5.74, 6) is 0. The second kappa shape index (κ2) is 10.2. The van der Waals surface area contributed by atoms with Gasteiger partial charge in [-0.2, -0.15) is 4.90 Å². The maximum absolute atomic E-state index is 5.14. The zero-order valence-corrected chi connectivity index (χ0v) is 16.0. The van der Waals surface area contributed by atoms with Crippen LogP contribution in [-0.2, 0) is 29.6 Å². The van der Waals surface area contributed by atoms with Crippen molar-refractivity contribution >= 4 is 80.1 Å². The number of hydrogen-bond donors (Lipinski definition) is 0. The first-order chi connectivity index (χ1) is 5.72. The van der Waals surface area contributed by atoms with Gasteiger partial charge in [0.15, 0.2) is 0 Å². The summed E-state index contributed by atoms with van der Waals surface area (Å²) >= 11 is 12.5. The van der Waals surface area contributed by atoms with Gasteiger partial charge < -0.3 is 4.74 Å². The van der Waals surface area contributed by atoms with E-state index in [4.69, 9.17) is 4.74 Å². The van der Waals surface area contributed by atoms with Crippen molar-refractivity contribution in [3.8, 4) is 0 Å². The van der Waals surface area contributed by atoms with Gasteiger partial charge in [0.2, 0.25) is 12.2 Å². The summed E-state index contributed by atoms with van der Waals surface area (Å²) in [7, 11) is 0. The van der Waals surface area contributed by atoms with Gasteiger partial charge >= 0.3 is 55.3 Å². The number of nitrogens with zero attached hydrogens (tertiary/aromatic N) is 1. The second-order valence-electron chi connectivity index (χ2n) is 1.99. The Kier molecular flexibility index (Phi) is 12.5. The van der Waals surface area contributed by atoms with Gasteiger partial charge in [-0.05, 0) is 0 Å². The molecular weight excluding hydrogens is 617 g/mol. The first-order valence-electron chi connectivity index (χ1n) is 3.25. The molecule has 0 bridgehead atoms. The minimum Gasteiger partial charge on any atom is -0.379 e. The van der Waals surface area contributed by atoms with Crippen LogP contribution in [0.4, 0.5) is 0 Å². The SMILES string of the molecule is [I][Bi+][I].[SH+]=C([SH2+])N1CCOCC1. The first-order valence-corrected chi connectivity index (χ1v) is 23.8. The molecule has 0 atom stereocenters. The smallest absolute Gasteiger partial charge is 0.379 e. The number of ether oxygens (including phenoxy) is 1. The summed E-state index contributed by atoms with van der Waals surface area (Å²) in [6, 6.07) is 0. The van der Waals surface area contributed by atoms with Crippen molar-refractivity contribution in [1.82, 2.24) is 4.90 Å². The molecule has 12 heavy (non-hydrogen) atoms. The maximum Gasteiger partial charge on any atom is 0.445 e. The van der Waals surface area contributed by atoms with Gasteiger partial charge in [-0.3, -0.25) is 0 Å². The second-order valence-corrected chi connectivity index (χ2v) is 28.5. The Morgan fingerprint density at radius 1 is 1.42 bits per heavy atom. The number of morpholine rings is 1. The van der Waals surface area contributed by atoms with Crippen molar-refractivity contribution in [2.24, 2.45) is 0 Å². The van der Waals surface area contributed by atoms with Crippen molar-refractivity contribution in [1.29, 1.82) is 0 Å². The Morgan fingerprint density at radius 3 is 2.08 bits per heavy atom. The quantitative estimate of drug-likeness (QED) is 0.124. The van der Waals surface area contributed by atoms with E-state index < -0.39 is 0 Å². The average Bonchev–Trinajstić information content (AvgIpc) is 2.07. The van der Waals surface area contributed by atoms with Gasteiger partial charge in [-0.15, -0.1) is 0 Å². The van der Waals surface area contributed by atoms with Crippen LogP contribution in [0.5, 0.6) is 0 Å². The molecule has 0 aromatic carbocycles. The third-order valence-electron chi connectivity index (χ3n) is 1.31. The third-order valence-corrected chi connectivity index (χ3v) is 1.91. The number of rotatable bonds is 0. The Morgan fingerprint density at radius 2 is 1.83 bits per heavy atom. The molecule has 1 aliphatic rings. The van der Waals surface area contributed by atoms with Crippen LogP contribution in [0.1, 0.15) is 0 Å². The van der Waals surface area contributed by atoms with Gasteiger partial charge in [-0.1, -0.05) is 0 Å². The molecule has 2 nitrogen and oxygen atoms in total. The summed E-state index contributed by atoms with van der Waals surface area (Å²) < 4.78 is 6.04. The Balaban J connectivity index is 0.000000354. The summed E-state index contributed by atoms with van der Waals surface area (Å²) in [6.45, 7) is 3.52. The van der Waals surface area contributed by atoms with Crippen molar-refractivity contribution in [3.05, 3.63) is 0 Å². The summed E-state index contributed by atoms with van der Waals surface area (Å²) in [5, 5.41) is 0. The van der Waals surface area contributed by atoms with Gasteiger partial charge in [0.25, 0.3) is 0 Å². The van der Waals surface area contributed by atoms with E-state index in [0.717, 1.165) is 30.6 Å². The van der Waals surface area contributed by atoms with E-state index in [1.54, 1.807) is 0 Å². The summed E-state index contributed by atoms with van der Waals surface area (Å²) in [5.41, 5.74) is 0. The predicted molar refractivity (Wildman–Crippen MR) is 80.1 cm³/mol. The van der Waals surface area contributed by atoms with E-state index in [0.29, 0.717) is 0 Å². The zero-order valence-electron chi connectivity index (χ0n) is 6.33. The van der Waals surface area contributed by atoms with Crippen molar-refractivity contribution in [3.63, 3.8) is 0 Å². The van der Waals surface area contributed by atoms with Gasteiger partial charge in [-0.25, -0.2) is 0 Å². The fraction of sp³-hybridized carbons (Fsp3) is 0.800. The van der Waals surface area contributed by atoms with E-state index in [9.17, 15) is 0 Å². The number of hydrogen-bond acceptors (Lipinski definition) is 1. The van der Waals surface area contributed by atoms with Crippen LogP contribution in [0, 0.1) is 0 Å². The van der Waals surface area contributed by atoms with Crippen LogP contribution in [0.15, 0.2) is 0 Å². The monoisotopic (exact) mass is 628 g/mol. The molecule has 1 aliphatic heterocycles. The predicted octanol–water partition coefficient (Wildman–Crippen LogP) is 0.0873. The normalized spacial score (nSPS) is 17.9. The Bertz CT molecular complexity index is 135. The molecule has 1 rings (SSSR count). The fourth-order valence-electron chi connectivity index (χ4n) is 0.775. The standard InChI is InChI=1S/C5H9NOS2.Bi.2HI/c8-5(9)6-1-3-7-4-2-6;;;/h1-4H2,(H,8,9);;2*1H/q;+3;;. The Hall–Kier alpha value is 2.70. The molecule has 1 saturated heterocycles. The molecule has 1 fully saturated rings. The zero-order chi connectivity index (χ0) is 9.40. The molecule has 0 amide bonds. The van der Waals surface area contributed by atoms with Crippen LogP contribution in [0.2, 0.25) is 0 Å². The van der Waals surface area contributed by atoms with E-state index in [1.165, 1.54) is 0 Å². The molecule has 0 unspecified atom stereocenters. The van der Waals surface area contributed by atoms with Crippen molar-refractivity contribution < 1.29 is 4.74 Å². The maximum atomic E-state index is 5.14. The van der Waals surface area contributed by atoms with E-state index in [-0.39, 0.29) is 14.9 Å². The molecule has 70 valence electrons. The first kappa shape index (κ1) is 14.7. The molecule has 0 aromatic heterocycles. The molecule has 0 saturated carbocycles. The number of thiol groups is 1. The van der Waals surface area contributed by atoms with Gasteiger partial charge in [0, 0.05) is 13.1 Å². The van der Waals surface area contributed by atoms with Gasteiger partial charge in [0.1, 0.15) is 0 Å². The fourth-order valence-corrected chi connectivity index (χ4v) is 1.20. The summed E-state index contributed by atoms with van der Waals surface area (Å²) in [4.78, 5) is 2.13. The Labute approximate surface area is 114 Å². The minimum atomic E-state index is 0.107. The molecule has 1 heterocycles. The van der Waals surface area contributed by atoms with Crippen LogP contribution >= 0.6 is 36.1 Å². The van der Waals surface area contributed by atoms with Crippen LogP contribution in [0.3, 0.4) is 0 Å². The average molecular weight is 628 g/mol. The molecule has 0 N–H and O–H groups in total. The van der Waals surface area contributed by atoms with Crippen molar-refractivity contribution in [2.45, 2.75) is 0 Å². The molecular formula is C5H11BiI2NOS2+3. The van der Waals surface area contributed by atoms with Crippen LogP contribution in [0.25, 0.3) is 0 Å². The summed E-state index contributed by atoms with van der Waals surface area (Å²) in [6.07, 6.45) is 0. The minimum absolute atomic E-state index is 0.107. The van der Waals surface area contributed by atoms with Crippen molar-refractivity contribution in [2.75, 3.05) is 26.3 Å². The van der Waals surface area contributed by atoms with Gasteiger partial charge in [0.05, 0.1) is 25.8 Å². The van der Waals surface area contributed by atoms with E-state index >= 15 is 0 Å². The molecule has 0 spiro atoms. The molecule has 0 aliphatic carbocycles. The van der Waals surface area contributed by atoms with Crippen LogP contribution in [-0.4, -0.2) is 50.4 Å².